The van der Waals surface area contributed by atoms with Crippen LogP contribution in [0.25, 0.3) is 0 Å². The van der Waals surface area contributed by atoms with Crippen molar-refractivity contribution in [3.05, 3.63) is 0 Å². The van der Waals surface area contributed by atoms with Gasteiger partial charge < -0.3 is 8.85 Å². The van der Waals surface area contributed by atoms with Crippen molar-refractivity contribution in [3.8, 4) is 0 Å². The van der Waals surface area contributed by atoms with Crippen LogP contribution in [-0.4, -0.2) is 21.8 Å². The minimum absolute atomic E-state index is 0.456. The highest BCUT2D eigenvalue weighted by Gasteiger charge is 2.74. The van der Waals surface area contributed by atoms with Gasteiger partial charge in [-0.2, -0.15) is 0 Å². The summed E-state index contributed by atoms with van der Waals surface area (Å²) in [5.74, 6) is 5.99. The van der Waals surface area contributed by atoms with Gasteiger partial charge in [-0.05, 0) is 125 Å². The van der Waals surface area contributed by atoms with Crippen LogP contribution in [0.5, 0.6) is 0 Å². The number of hydrogen-bond donors (Lipinski definition) is 0. The second-order valence-corrected chi connectivity index (χ2v) is 16.6. The van der Waals surface area contributed by atoms with Crippen molar-refractivity contribution in [2.24, 2.45) is 35.5 Å². The average Bonchev–Trinajstić information content (AvgIpc) is 2.66. The molecule has 0 aromatic heterocycles. The standard InChI is InChI=1S/C26H44O2Si/c1-3-5-27-29(28-6-4-2,25-13-19-7-20(14-25)9-21(8-19)15-25)26-16-22-10-23(17-26)12-24(11-22)18-26/h19-24H,3-18H2,1-2H3. The van der Waals surface area contributed by atoms with Gasteiger partial charge in [-0.3, -0.25) is 0 Å². The Morgan fingerprint density at radius 3 is 1.07 bits per heavy atom. The minimum atomic E-state index is -2.34. The van der Waals surface area contributed by atoms with Crippen LogP contribution in [-0.2, 0) is 8.85 Å². The topological polar surface area (TPSA) is 18.5 Å². The second-order valence-electron chi connectivity index (χ2n) is 12.7. The van der Waals surface area contributed by atoms with Crippen molar-refractivity contribution in [2.75, 3.05) is 13.2 Å². The summed E-state index contributed by atoms with van der Waals surface area (Å²) in [6.45, 7) is 6.55. The highest BCUT2D eigenvalue weighted by Crippen LogP contribution is 2.77. The summed E-state index contributed by atoms with van der Waals surface area (Å²) in [5.41, 5.74) is 0. The summed E-state index contributed by atoms with van der Waals surface area (Å²) in [6, 6.07) is 0. The Morgan fingerprint density at radius 1 is 0.552 bits per heavy atom. The molecule has 0 aromatic rings. The van der Waals surface area contributed by atoms with Gasteiger partial charge >= 0.3 is 8.56 Å². The molecule has 0 atom stereocenters. The number of hydrogen-bond acceptors (Lipinski definition) is 2. The quantitative estimate of drug-likeness (QED) is 0.389. The highest BCUT2D eigenvalue weighted by atomic mass is 28.4. The molecule has 0 amide bonds. The molecule has 3 heteroatoms. The van der Waals surface area contributed by atoms with E-state index in [-0.39, 0.29) is 0 Å². The largest absolute Gasteiger partial charge is 0.394 e. The van der Waals surface area contributed by atoms with Crippen molar-refractivity contribution < 1.29 is 8.85 Å². The van der Waals surface area contributed by atoms with Gasteiger partial charge in [0.1, 0.15) is 0 Å². The molecule has 0 N–H and O–H groups in total. The third-order valence-corrected chi connectivity index (χ3v) is 15.7. The maximum Gasteiger partial charge on any atom is 0.351 e. The van der Waals surface area contributed by atoms with Crippen molar-refractivity contribution in [2.45, 2.75) is 114 Å². The molecule has 0 spiro atoms. The van der Waals surface area contributed by atoms with Gasteiger partial charge in [0.2, 0.25) is 0 Å². The van der Waals surface area contributed by atoms with Crippen LogP contribution >= 0.6 is 0 Å². The fourth-order valence-corrected chi connectivity index (χ4v) is 17.5. The Balaban J connectivity index is 1.46. The van der Waals surface area contributed by atoms with Crippen LogP contribution in [0.15, 0.2) is 0 Å². The molecule has 8 aliphatic rings. The molecule has 8 bridgehead atoms. The Morgan fingerprint density at radius 2 is 0.828 bits per heavy atom. The monoisotopic (exact) mass is 416 g/mol. The lowest BCUT2D eigenvalue weighted by Crippen LogP contribution is -2.69. The van der Waals surface area contributed by atoms with Gasteiger partial charge in [0.05, 0.1) is 0 Å². The summed E-state index contributed by atoms with van der Waals surface area (Å²) in [6.07, 6.45) is 20.4. The van der Waals surface area contributed by atoms with E-state index >= 15 is 0 Å². The third kappa shape index (κ3) is 2.85. The molecular weight excluding hydrogens is 372 g/mol. The molecule has 0 aromatic carbocycles. The Kier molecular flexibility index (Phi) is 4.83. The molecule has 0 aliphatic heterocycles. The van der Waals surface area contributed by atoms with E-state index in [0.29, 0.717) is 10.1 Å². The number of rotatable bonds is 8. The maximum atomic E-state index is 7.37. The first-order valence-corrected chi connectivity index (χ1v) is 15.2. The molecule has 8 rings (SSSR count). The fraction of sp³-hybridized carbons (Fsp3) is 1.00. The molecule has 2 nitrogen and oxygen atoms in total. The third-order valence-electron chi connectivity index (χ3n) is 10.5. The predicted molar refractivity (Wildman–Crippen MR) is 120 cm³/mol. The van der Waals surface area contributed by atoms with E-state index in [2.05, 4.69) is 13.8 Å². The molecule has 8 aliphatic carbocycles. The Hall–Kier alpha value is 0.137. The van der Waals surface area contributed by atoms with Crippen LogP contribution in [0.1, 0.15) is 104 Å². The summed E-state index contributed by atoms with van der Waals surface area (Å²) in [5, 5.41) is 0.912. The first kappa shape index (κ1) is 19.8. The smallest absolute Gasteiger partial charge is 0.351 e. The molecule has 8 fully saturated rings. The molecule has 0 saturated heterocycles. The molecule has 0 heterocycles. The van der Waals surface area contributed by atoms with Gasteiger partial charge in [0.25, 0.3) is 0 Å². The Labute approximate surface area is 180 Å². The first-order valence-electron chi connectivity index (χ1n) is 13.4. The normalized spacial score (nSPS) is 49.9. The van der Waals surface area contributed by atoms with Crippen LogP contribution < -0.4 is 0 Å². The summed E-state index contributed by atoms with van der Waals surface area (Å²) < 4.78 is 14.7. The van der Waals surface area contributed by atoms with Crippen LogP contribution in [0.3, 0.4) is 0 Å². The van der Waals surface area contributed by atoms with Crippen molar-refractivity contribution >= 4 is 8.56 Å². The molecule has 8 saturated carbocycles. The van der Waals surface area contributed by atoms with Gasteiger partial charge in [-0.1, -0.05) is 13.8 Å². The van der Waals surface area contributed by atoms with Gasteiger partial charge in [0, 0.05) is 23.3 Å². The van der Waals surface area contributed by atoms with E-state index in [1.807, 2.05) is 0 Å². The van der Waals surface area contributed by atoms with Crippen LogP contribution in [0, 0.1) is 35.5 Å². The zero-order chi connectivity index (χ0) is 19.7. The highest BCUT2D eigenvalue weighted by molar-refractivity contribution is 6.74. The van der Waals surface area contributed by atoms with E-state index in [9.17, 15) is 0 Å². The van der Waals surface area contributed by atoms with Gasteiger partial charge in [-0.15, -0.1) is 0 Å². The van der Waals surface area contributed by atoms with Gasteiger partial charge in [0.15, 0.2) is 0 Å². The lowest BCUT2D eigenvalue weighted by molar-refractivity contribution is -0.0456. The predicted octanol–water partition coefficient (Wildman–Crippen LogP) is 7.22. The van der Waals surface area contributed by atoms with E-state index in [4.69, 9.17) is 8.85 Å². The van der Waals surface area contributed by atoms with Crippen molar-refractivity contribution in [3.63, 3.8) is 0 Å². The van der Waals surface area contributed by atoms with Crippen LogP contribution in [0.4, 0.5) is 0 Å². The van der Waals surface area contributed by atoms with Gasteiger partial charge in [-0.25, -0.2) is 0 Å². The summed E-state index contributed by atoms with van der Waals surface area (Å²) in [7, 11) is -2.34. The molecule has 164 valence electrons. The lowest BCUT2D eigenvalue weighted by Gasteiger charge is -2.69. The van der Waals surface area contributed by atoms with Crippen molar-refractivity contribution in [1.82, 2.24) is 0 Å². The minimum Gasteiger partial charge on any atom is -0.394 e. The van der Waals surface area contributed by atoms with Crippen molar-refractivity contribution in [1.29, 1.82) is 0 Å². The fourth-order valence-electron chi connectivity index (χ4n) is 10.7. The summed E-state index contributed by atoms with van der Waals surface area (Å²) in [4.78, 5) is 0. The zero-order valence-electron chi connectivity index (χ0n) is 19.1. The van der Waals surface area contributed by atoms with E-state index in [1.165, 1.54) is 77.0 Å². The summed E-state index contributed by atoms with van der Waals surface area (Å²) >= 11 is 0. The molecular formula is C26H44O2Si. The molecule has 29 heavy (non-hydrogen) atoms. The van der Waals surface area contributed by atoms with E-state index in [0.717, 1.165) is 61.6 Å². The molecule has 0 unspecified atom stereocenters. The zero-order valence-corrected chi connectivity index (χ0v) is 20.1. The second kappa shape index (κ2) is 7.07. The Bertz CT molecular complexity index is 504. The SMILES string of the molecule is CCCO[Si](OCCC)(C12CC3CC(CC(C3)C1)C2)C12CC3CC(CC(C3)C1)C2. The first-order chi connectivity index (χ1) is 14.1. The maximum absolute atomic E-state index is 7.37. The molecule has 0 radical (unpaired) electrons. The van der Waals surface area contributed by atoms with E-state index in [1.54, 1.807) is 0 Å². The average molecular weight is 417 g/mol. The lowest BCUT2D eigenvalue weighted by atomic mass is 9.55. The van der Waals surface area contributed by atoms with Crippen LogP contribution in [0.2, 0.25) is 10.1 Å². The van der Waals surface area contributed by atoms with E-state index < -0.39 is 8.56 Å².